The highest BCUT2D eigenvalue weighted by molar-refractivity contribution is 8.25. The molecule has 1 saturated heterocycles. The Balaban J connectivity index is 1.90. The third-order valence-electron chi connectivity index (χ3n) is 2.76. The van der Waals surface area contributed by atoms with Crippen molar-refractivity contribution in [3.05, 3.63) is 40.7 Å². The van der Waals surface area contributed by atoms with E-state index in [-0.39, 0.29) is 5.25 Å². The topological polar surface area (TPSA) is 93.4 Å². The number of aromatic nitrogens is 4. The fourth-order valence-electron chi connectivity index (χ4n) is 1.82. The number of rotatable bonds is 2. The molecule has 0 aromatic carbocycles. The molecule has 6 nitrogen and oxygen atoms in total. The van der Waals surface area contributed by atoms with Gasteiger partial charge in [0.2, 0.25) is 0 Å². The van der Waals surface area contributed by atoms with Gasteiger partial charge >= 0.3 is 0 Å². The van der Waals surface area contributed by atoms with Gasteiger partial charge in [-0.1, -0.05) is 0 Å². The van der Waals surface area contributed by atoms with Crippen molar-refractivity contribution in [3.8, 4) is 6.07 Å². The van der Waals surface area contributed by atoms with E-state index in [9.17, 15) is 9.65 Å². The third-order valence-corrected chi connectivity index (χ3v) is 5.65. The van der Waals surface area contributed by atoms with E-state index in [1.165, 1.54) is 53.1 Å². The van der Waals surface area contributed by atoms with Gasteiger partial charge in [0.25, 0.3) is 0 Å². The Morgan fingerprint density at radius 2 is 2.43 bits per heavy atom. The highest BCUT2D eigenvalue weighted by Gasteiger charge is 2.29. The number of allylic oxidation sites excluding steroid dienone is 1. The van der Waals surface area contributed by atoms with Gasteiger partial charge in [-0.25, -0.2) is 14.1 Å². The van der Waals surface area contributed by atoms with Crippen molar-refractivity contribution in [2.45, 2.75) is 5.25 Å². The van der Waals surface area contributed by atoms with Crippen molar-refractivity contribution in [1.82, 2.24) is 19.7 Å². The highest BCUT2D eigenvalue weighted by atomic mass is 32.2. The highest BCUT2D eigenvalue weighted by Crippen LogP contribution is 2.51. The SMILES string of the molecule is N#C/C(=C1/SC[C@@H](c2ncc(N)cc2F)S1)n1cncn1. The molecule has 0 bridgehead atoms. The summed E-state index contributed by atoms with van der Waals surface area (Å²) in [6, 6.07) is 3.37. The number of nitrogens with two attached hydrogens (primary N) is 1. The Morgan fingerprint density at radius 1 is 1.57 bits per heavy atom. The maximum atomic E-state index is 13.9. The molecule has 3 heterocycles. The van der Waals surface area contributed by atoms with Crippen LogP contribution in [0.4, 0.5) is 10.1 Å². The van der Waals surface area contributed by atoms with Gasteiger partial charge in [-0.05, 0) is 0 Å². The van der Waals surface area contributed by atoms with Crippen LogP contribution in [0.3, 0.4) is 0 Å². The van der Waals surface area contributed by atoms with Crippen molar-refractivity contribution < 1.29 is 4.39 Å². The summed E-state index contributed by atoms with van der Waals surface area (Å²) in [7, 11) is 0. The van der Waals surface area contributed by atoms with E-state index in [1.54, 1.807) is 0 Å². The molecule has 0 radical (unpaired) electrons. The number of hydrogen-bond acceptors (Lipinski definition) is 7. The van der Waals surface area contributed by atoms with Gasteiger partial charge in [-0.2, -0.15) is 10.4 Å². The molecule has 0 spiro atoms. The molecular weight excluding hydrogens is 311 g/mol. The molecule has 2 aromatic rings. The first-order valence-electron chi connectivity index (χ1n) is 5.89. The van der Waals surface area contributed by atoms with Crippen LogP contribution in [-0.4, -0.2) is 25.5 Å². The molecule has 106 valence electrons. The Labute approximate surface area is 128 Å². The minimum Gasteiger partial charge on any atom is -0.397 e. The third kappa shape index (κ3) is 2.72. The van der Waals surface area contributed by atoms with E-state index in [1.807, 2.05) is 0 Å². The minimum absolute atomic E-state index is 0.155. The summed E-state index contributed by atoms with van der Waals surface area (Å²) in [5.41, 5.74) is 6.54. The number of nitrogens with zero attached hydrogens (tertiary/aromatic N) is 5. The standard InChI is InChI=1S/C12H9FN6S2/c13-8-1-7(15)3-17-11(8)10-4-20-12(21-10)9(2-14)19-6-16-5-18-19/h1,3,5-6,10H,4,15H2/b12-9+/t10-/m0/s1. The second-order valence-corrected chi connectivity index (χ2v) is 6.64. The first kappa shape index (κ1) is 13.9. The minimum atomic E-state index is -0.423. The van der Waals surface area contributed by atoms with Crippen molar-refractivity contribution in [1.29, 1.82) is 5.26 Å². The van der Waals surface area contributed by atoms with Crippen LogP contribution < -0.4 is 5.73 Å². The smallest absolute Gasteiger partial charge is 0.163 e. The molecule has 0 saturated carbocycles. The molecule has 3 rings (SSSR count). The van der Waals surface area contributed by atoms with Gasteiger partial charge in [0.1, 0.15) is 24.5 Å². The lowest BCUT2D eigenvalue weighted by Gasteiger charge is -2.08. The lowest BCUT2D eigenvalue weighted by Crippen LogP contribution is -2.01. The fraction of sp³-hybridized carbons (Fsp3) is 0.167. The maximum absolute atomic E-state index is 13.9. The van der Waals surface area contributed by atoms with Gasteiger partial charge in [0.15, 0.2) is 5.70 Å². The first-order chi connectivity index (χ1) is 10.2. The molecule has 1 fully saturated rings. The van der Waals surface area contributed by atoms with E-state index in [4.69, 9.17) is 5.73 Å². The number of thioether (sulfide) groups is 2. The van der Waals surface area contributed by atoms with Crippen LogP contribution in [0.5, 0.6) is 0 Å². The summed E-state index contributed by atoms with van der Waals surface area (Å²) in [5.74, 6) is 0.210. The van der Waals surface area contributed by atoms with Crippen LogP contribution in [0.1, 0.15) is 10.9 Å². The van der Waals surface area contributed by atoms with E-state index in [0.717, 1.165) is 4.24 Å². The quantitative estimate of drug-likeness (QED) is 0.848. The van der Waals surface area contributed by atoms with E-state index in [2.05, 4.69) is 21.1 Å². The summed E-state index contributed by atoms with van der Waals surface area (Å²) >= 11 is 2.89. The van der Waals surface area contributed by atoms with Crippen LogP contribution in [0.25, 0.3) is 5.70 Å². The number of nitrogen functional groups attached to an aromatic ring is 1. The van der Waals surface area contributed by atoms with E-state index < -0.39 is 5.82 Å². The molecule has 1 atom stereocenters. The molecular formula is C12H9FN6S2. The largest absolute Gasteiger partial charge is 0.397 e. The second-order valence-electron chi connectivity index (χ2n) is 4.14. The second kappa shape index (κ2) is 5.75. The predicted octanol–water partition coefficient (Wildman–Crippen LogP) is 2.27. The molecule has 2 aromatic heterocycles. The zero-order valence-electron chi connectivity index (χ0n) is 10.6. The van der Waals surface area contributed by atoms with Crippen LogP contribution in [-0.2, 0) is 0 Å². The molecule has 9 heteroatoms. The average Bonchev–Trinajstić information content (AvgIpc) is 3.12. The molecule has 1 aliphatic rings. The van der Waals surface area contributed by atoms with Crippen LogP contribution >= 0.6 is 23.5 Å². The fourth-order valence-corrected chi connectivity index (χ4v) is 4.65. The Kier molecular flexibility index (Phi) is 3.81. The predicted molar refractivity (Wildman–Crippen MR) is 80.2 cm³/mol. The van der Waals surface area contributed by atoms with Crippen LogP contribution in [0, 0.1) is 17.1 Å². The van der Waals surface area contributed by atoms with Gasteiger partial charge in [0.05, 0.1) is 27.1 Å². The zero-order chi connectivity index (χ0) is 14.8. The molecule has 0 aliphatic carbocycles. The summed E-state index contributed by atoms with van der Waals surface area (Å²) < 4.78 is 16.1. The Hall–Kier alpha value is -2.05. The zero-order valence-corrected chi connectivity index (χ0v) is 12.2. The molecule has 0 unspecified atom stereocenters. The normalized spacial score (nSPS) is 20.3. The van der Waals surface area contributed by atoms with Gasteiger partial charge < -0.3 is 5.73 Å². The lowest BCUT2D eigenvalue weighted by atomic mass is 10.2. The van der Waals surface area contributed by atoms with Gasteiger partial charge in [-0.3, -0.25) is 4.98 Å². The number of hydrogen-bond donors (Lipinski definition) is 1. The number of nitriles is 1. The number of halogens is 1. The number of pyridine rings is 1. The summed E-state index contributed by atoms with van der Waals surface area (Å²) in [4.78, 5) is 7.89. The summed E-state index contributed by atoms with van der Waals surface area (Å²) in [5, 5.41) is 13.1. The molecule has 0 amide bonds. The van der Waals surface area contributed by atoms with Crippen molar-refractivity contribution in [2.24, 2.45) is 0 Å². The van der Waals surface area contributed by atoms with Gasteiger partial charge in [-0.15, -0.1) is 23.5 Å². The lowest BCUT2D eigenvalue weighted by molar-refractivity contribution is 0.602. The van der Waals surface area contributed by atoms with Crippen molar-refractivity contribution in [2.75, 3.05) is 11.5 Å². The van der Waals surface area contributed by atoms with Crippen LogP contribution in [0.15, 0.2) is 29.2 Å². The molecule has 2 N–H and O–H groups in total. The summed E-state index contributed by atoms with van der Waals surface area (Å²) in [6.07, 6.45) is 4.26. The summed E-state index contributed by atoms with van der Waals surface area (Å²) in [6.45, 7) is 0. The first-order valence-corrected chi connectivity index (χ1v) is 7.75. The molecule has 21 heavy (non-hydrogen) atoms. The van der Waals surface area contributed by atoms with E-state index in [0.29, 0.717) is 22.8 Å². The maximum Gasteiger partial charge on any atom is 0.163 e. The van der Waals surface area contributed by atoms with Crippen LogP contribution in [0.2, 0.25) is 0 Å². The van der Waals surface area contributed by atoms with Crippen molar-refractivity contribution >= 4 is 34.9 Å². The molecule has 1 aliphatic heterocycles. The number of anilines is 1. The Bertz CT molecular complexity index is 737. The average molecular weight is 320 g/mol. The Morgan fingerprint density at radius 3 is 3.10 bits per heavy atom. The van der Waals surface area contributed by atoms with Crippen molar-refractivity contribution in [3.63, 3.8) is 0 Å². The van der Waals surface area contributed by atoms with Gasteiger partial charge in [0, 0.05) is 11.8 Å². The monoisotopic (exact) mass is 320 g/mol. The van der Waals surface area contributed by atoms with E-state index >= 15 is 0 Å².